The summed E-state index contributed by atoms with van der Waals surface area (Å²) in [6.45, 7) is 4.74. The number of carbonyl (C=O) groups excluding carboxylic acids is 1. The van der Waals surface area contributed by atoms with Gasteiger partial charge in [0.15, 0.2) is 11.5 Å². The van der Waals surface area contributed by atoms with E-state index in [1.165, 1.54) is 6.20 Å². The molecule has 1 unspecified atom stereocenters. The number of aromatic nitrogens is 2. The van der Waals surface area contributed by atoms with Crippen molar-refractivity contribution in [3.05, 3.63) is 59.8 Å². The number of methoxy groups -OCH3 is 2. The van der Waals surface area contributed by atoms with Gasteiger partial charge in [0.25, 0.3) is 5.91 Å². The van der Waals surface area contributed by atoms with Crippen molar-refractivity contribution in [2.75, 3.05) is 20.8 Å². The van der Waals surface area contributed by atoms with Crippen LogP contribution in [0.15, 0.2) is 48.7 Å². The first-order valence-electron chi connectivity index (χ1n) is 10.4. The third kappa shape index (κ3) is 5.36. The van der Waals surface area contributed by atoms with Crippen molar-refractivity contribution in [1.82, 2.24) is 15.5 Å². The molecule has 3 aromatic rings. The van der Waals surface area contributed by atoms with E-state index in [1.807, 2.05) is 49.4 Å². The molecule has 31 heavy (non-hydrogen) atoms. The predicted octanol–water partition coefficient (Wildman–Crippen LogP) is 4.76. The zero-order valence-electron chi connectivity index (χ0n) is 18.4. The Morgan fingerprint density at radius 3 is 2.52 bits per heavy atom. The van der Waals surface area contributed by atoms with Crippen molar-refractivity contribution in [1.29, 1.82) is 0 Å². The van der Waals surface area contributed by atoms with Crippen molar-refractivity contribution < 1.29 is 19.0 Å². The molecule has 0 saturated carbocycles. The molecule has 7 nitrogen and oxygen atoms in total. The lowest BCUT2D eigenvalue weighted by Crippen LogP contribution is -2.26. The normalized spacial score (nSPS) is 11.6. The van der Waals surface area contributed by atoms with Gasteiger partial charge in [0, 0.05) is 5.56 Å². The summed E-state index contributed by atoms with van der Waals surface area (Å²) >= 11 is 0. The van der Waals surface area contributed by atoms with Gasteiger partial charge in [-0.15, -0.1) is 0 Å². The van der Waals surface area contributed by atoms with Crippen molar-refractivity contribution in [3.63, 3.8) is 0 Å². The van der Waals surface area contributed by atoms with Crippen LogP contribution in [0.2, 0.25) is 0 Å². The van der Waals surface area contributed by atoms with E-state index in [4.69, 9.17) is 14.2 Å². The Morgan fingerprint density at radius 1 is 1.10 bits per heavy atom. The number of hydrogen-bond acceptors (Lipinski definition) is 5. The minimum absolute atomic E-state index is 0.214. The van der Waals surface area contributed by atoms with Crippen molar-refractivity contribution in [3.8, 4) is 28.5 Å². The first kappa shape index (κ1) is 22.2. The van der Waals surface area contributed by atoms with E-state index >= 15 is 0 Å². The molecule has 0 aliphatic rings. The average Bonchev–Trinajstić information content (AvgIpc) is 3.29. The summed E-state index contributed by atoms with van der Waals surface area (Å²) in [4.78, 5) is 13.0. The molecular weight excluding hydrogens is 394 g/mol. The summed E-state index contributed by atoms with van der Waals surface area (Å²) in [6.07, 6.45) is 3.65. The number of rotatable bonds is 10. The van der Waals surface area contributed by atoms with Gasteiger partial charge in [-0.3, -0.25) is 9.89 Å². The molecule has 1 atom stereocenters. The van der Waals surface area contributed by atoms with E-state index in [9.17, 15) is 4.79 Å². The second-order valence-corrected chi connectivity index (χ2v) is 7.19. The molecule has 7 heteroatoms. The first-order chi connectivity index (χ1) is 15.1. The van der Waals surface area contributed by atoms with E-state index in [2.05, 4.69) is 22.4 Å². The van der Waals surface area contributed by atoms with Crippen LogP contribution in [-0.4, -0.2) is 36.9 Å². The van der Waals surface area contributed by atoms with Crippen LogP contribution in [-0.2, 0) is 0 Å². The topological polar surface area (TPSA) is 85.5 Å². The molecule has 0 saturated heterocycles. The molecule has 0 spiro atoms. The van der Waals surface area contributed by atoms with Crippen LogP contribution in [0, 0.1) is 0 Å². The molecule has 0 fully saturated rings. The molecule has 1 heterocycles. The Balaban J connectivity index is 1.72. The summed E-state index contributed by atoms with van der Waals surface area (Å²) in [7, 11) is 3.18. The van der Waals surface area contributed by atoms with Gasteiger partial charge in [-0.2, -0.15) is 5.10 Å². The maximum absolute atomic E-state index is 13.0. The fraction of sp³-hybridized carbons (Fsp3) is 0.333. The van der Waals surface area contributed by atoms with E-state index in [0.717, 1.165) is 29.7 Å². The highest BCUT2D eigenvalue weighted by atomic mass is 16.5. The van der Waals surface area contributed by atoms with E-state index < -0.39 is 0 Å². The number of unbranched alkanes of at least 4 members (excludes halogenated alkanes) is 1. The van der Waals surface area contributed by atoms with Crippen molar-refractivity contribution in [2.45, 2.75) is 32.7 Å². The Bertz CT molecular complexity index is 998. The van der Waals surface area contributed by atoms with Gasteiger partial charge < -0.3 is 19.5 Å². The number of benzene rings is 2. The third-order valence-electron chi connectivity index (χ3n) is 5.05. The van der Waals surface area contributed by atoms with E-state index in [1.54, 1.807) is 14.2 Å². The summed E-state index contributed by atoms with van der Waals surface area (Å²) in [5.74, 6) is 1.86. The minimum Gasteiger partial charge on any atom is -0.494 e. The van der Waals surface area contributed by atoms with Gasteiger partial charge in [-0.25, -0.2) is 0 Å². The Kier molecular flexibility index (Phi) is 7.54. The Morgan fingerprint density at radius 2 is 1.84 bits per heavy atom. The number of carbonyl (C=O) groups is 1. The number of hydrogen-bond donors (Lipinski definition) is 2. The van der Waals surface area contributed by atoms with Crippen molar-refractivity contribution in [2.24, 2.45) is 0 Å². The van der Waals surface area contributed by atoms with Gasteiger partial charge in [0.1, 0.15) is 5.75 Å². The average molecular weight is 424 g/mol. The number of nitrogens with one attached hydrogen (secondary N) is 2. The summed E-state index contributed by atoms with van der Waals surface area (Å²) < 4.78 is 16.3. The van der Waals surface area contributed by atoms with E-state index in [-0.39, 0.29) is 11.9 Å². The molecule has 0 aliphatic heterocycles. The molecular formula is C24H29N3O4. The standard InChI is InChI=1S/C24H29N3O4/c1-5-6-13-31-19-10-7-17(8-11-19)23-20(15-25-27-23)24(28)26-16(2)18-9-12-21(29-3)22(14-18)30-4/h7-12,14-16H,5-6,13H2,1-4H3,(H,25,27)(H,26,28). The van der Waals surface area contributed by atoms with Gasteiger partial charge in [0.05, 0.1) is 44.3 Å². The van der Waals surface area contributed by atoms with Crippen LogP contribution in [0.1, 0.15) is 48.7 Å². The second kappa shape index (κ2) is 10.5. The fourth-order valence-electron chi connectivity index (χ4n) is 3.21. The lowest BCUT2D eigenvalue weighted by atomic mass is 10.1. The molecule has 0 bridgehead atoms. The molecule has 3 rings (SSSR count). The second-order valence-electron chi connectivity index (χ2n) is 7.19. The highest BCUT2D eigenvalue weighted by Gasteiger charge is 2.19. The SMILES string of the molecule is CCCCOc1ccc(-c2[nH]ncc2C(=O)NC(C)c2ccc(OC)c(OC)c2)cc1. The molecule has 2 aromatic carbocycles. The smallest absolute Gasteiger partial charge is 0.255 e. The van der Waals surface area contributed by atoms with Crippen molar-refractivity contribution >= 4 is 5.91 Å². The third-order valence-corrected chi connectivity index (χ3v) is 5.05. The highest BCUT2D eigenvalue weighted by molar-refractivity contribution is 5.99. The first-order valence-corrected chi connectivity index (χ1v) is 10.4. The van der Waals surface area contributed by atoms with Gasteiger partial charge >= 0.3 is 0 Å². The zero-order chi connectivity index (χ0) is 22.2. The maximum atomic E-state index is 13.0. The maximum Gasteiger partial charge on any atom is 0.255 e. The number of ether oxygens (including phenoxy) is 3. The van der Waals surface area contributed by atoms with Gasteiger partial charge in [0.2, 0.25) is 0 Å². The molecule has 2 N–H and O–H groups in total. The Labute approximate surface area is 182 Å². The minimum atomic E-state index is -0.232. The van der Waals surface area contributed by atoms with Crippen LogP contribution in [0.25, 0.3) is 11.3 Å². The molecule has 0 radical (unpaired) electrons. The monoisotopic (exact) mass is 423 g/mol. The lowest BCUT2D eigenvalue weighted by Gasteiger charge is -2.16. The molecule has 164 valence electrons. The summed E-state index contributed by atoms with van der Waals surface area (Å²) in [5.41, 5.74) is 2.91. The van der Waals surface area contributed by atoms with Crippen LogP contribution < -0.4 is 19.5 Å². The van der Waals surface area contributed by atoms with Crippen LogP contribution in [0.5, 0.6) is 17.2 Å². The number of nitrogens with zero attached hydrogens (tertiary/aromatic N) is 1. The zero-order valence-corrected chi connectivity index (χ0v) is 18.4. The molecule has 1 amide bonds. The number of amides is 1. The number of H-pyrrole nitrogens is 1. The molecule has 1 aromatic heterocycles. The largest absolute Gasteiger partial charge is 0.494 e. The van der Waals surface area contributed by atoms with Crippen LogP contribution in [0.4, 0.5) is 0 Å². The fourth-order valence-corrected chi connectivity index (χ4v) is 3.21. The predicted molar refractivity (Wildman–Crippen MR) is 120 cm³/mol. The summed E-state index contributed by atoms with van der Waals surface area (Å²) in [6, 6.07) is 13.0. The van der Waals surface area contributed by atoms with Gasteiger partial charge in [-0.05, 0) is 55.3 Å². The van der Waals surface area contributed by atoms with Gasteiger partial charge in [-0.1, -0.05) is 19.4 Å². The van der Waals surface area contributed by atoms with E-state index in [0.29, 0.717) is 29.4 Å². The number of aromatic amines is 1. The Hall–Kier alpha value is -3.48. The lowest BCUT2D eigenvalue weighted by molar-refractivity contribution is 0.0940. The highest BCUT2D eigenvalue weighted by Crippen LogP contribution is 2.30. The van der Waals surface area contributed by atoms with Crippen LogP contribution in [0.3, 0.4) is 0 Å². The molecule has 0 aliphatic carbocycles. The quantitative estimate of drug-likeness (QED) is 0.459. The van der Waals surface area contributed by atoms with Crippen LogP contribution >= 0.6 is 0 Å². The summed E-state index contributed by atoms with van der Waals surface area (Å²) in [5, 5.41) is 10.0.